The number of benzene rings is 2. The van der Waals surface area contributed by atoms with Crippen molar-refractivity contribution >= 4 is 5.91 Å². The van der Waals surface area contributed by atoms with Crippen LogP contribution in [0.15, 0.2) is 60.8 Å². The van der Waals surface area contributed by atoms with Gasteiger partial charge in [0.2, 0.25) is 0 Å². The normalized spacial score (nSPS) is 14.9. The molecule has 0 saturated carbocycles. The smallest absolute Gasteiger partial charge is 0.257 e. The van der Waals surface area contributed by atoms with Gasteiger partial charge in [-0.25, -0.2) is 4.68 Å². The van der Waals surface area contributed by atoms with Crippen molar-refractivity contribution in [3.63, 3.8) is 0 Å². The van der Waals surface area contributed by atoms with Gasteiger partial charge >= 0.3 is 0 Å². The molecule has 1 saturated heterocycles. The molecule has 5 heteroatoms. The van der Waals surface area contributed by atoms with Gasteiger partial charge in [-0.1, -0.05) is 63.2 Å². The van der Waals surface area contributed by atoms with Gasteiger partial charge in [0.05, 0.1) is 11.3 Å². The highest BCUT2D eigenvalue weighted by Gasteiger charge is 2.26. The molecule has 3 aromatic rings. The van der Waals surface area contributed by atoms with Crippen LogP contribution >= 0.6 is 0 Å². The van der Waals surface area contributed by atoms with E-state index in [1.165, 1.54) is 5.56 Å². The highest BCUT2D eigenvalue weighted by atomic mass is 16.2. The Morgan fingerprint density at radius 2 is 1.65 bits per heavy atom. The van der Waals surface area contributed by atoms with Crippen LogP contribution in [0.25, 0.3) is 16.9 Å². The van der Waals surface area contributed by atoms with Crippen LogP contribution < -0.4 is 0 Å². The van der Waals surface area contributed by atoms with E-state index in [0.717, 1.165) is 56.1 Å². The summed E-state index contributed by atoms with van der Waals surface area (Å²) in [6, 6.07) is 18.4. The summed E-state index contributed by atoms with van der Waals surface area (Å²) in [4.78, 5) is 17.9. The predicted octanol–water partition coefficient (Wildman–Crippen LogP) is 4.83. The van der Waals surface area contributed by atoms with Gasteiger partial charge in [-0.3, -0.25) is 9.69 Å². The van der Waals surface area contributed by atoms with Gasteiger partial charge in [0.25, 0.3) is 5.91 Å². The Balaban J connectivity index is 1.67. The lowest BCUT2D eigenvalue weighted by Crippen LogP contribution is -2.48. The van der Waals surface area contributed by atoms with E-state index < -0.39 is 0 Å². The molecule has 2 heterocycles. The molecule has 1 aliphatic rings. The number of carbonyl (C=O) groups is 1. The molecule has 0 radical (unpaired) electrons. The average molecular weight is 417 g/mol. The van der Waals surface area contributed by atoms with E-state index in [9.17, 15) is 4.79 Å². The molecular formula is C26H32N4O. The number of hydrogen-bond acceptors (Lipinski definition) is 3. The quantitative estimate of drug-likeness (QED) is 0.578. The van der Waals surface area contributed by atoms with Crippen molar-refractivity contribution in [1.82, 2.24) is 19.6 Å². The summed E-state index contributed by atoms with van der Waals surface area (Å²) in [6.07, 6.45) is 3.04. The second-order valence-electron chi connectivity index (χ2n) is 8.58. The third-order valence-electron chi connectivity index (χ3n) is 6.02. The van der Waals surface area contributed by atoms with Crippen LogP contribution in [0.1, 0.15) is 49.0 Å². The van der Waals surface area contributed by atoms with Crippen molar-refractivity contribution in [2.75, 3.05) is 32.7 Å². The molecule has 5 nitrogen and oxygen atoms in total. The fourth-order valence-corrected chi connectivity index (χ4v) is 4.14. The van der Waals surface area contributed by atoms with Gasteiger partial charge in [0, 0.05) is 37.9 Å². The maximum Gasteiger partial charge on any atom is 0.257 e. The van der Waals surface area contributed by atoms with Gasteiger partial charge in [0.1, 0.15) is 5.69 Å². The highest BCUT2D eigenvalue weighted by molar-refractivity contribution is 6.00. The van der Waals surface area contributed by atoms with Crippen molar-refractivity contribution in [3.8, 4) is 16.9 Å². The number of rotatable bonds is 6. The molecule has 4 rings (SSSR count). The Labute approximate surface area is 185 Å². The van der Waals surface area contributed by atoms with Crippen molar-refractivity contribution < 1.29 is 4.79 Å². The Hall–Kier alpha value is -2.92. The van der Waals surface area contributed by atoms with Gasteiger partial charge in [0.15, 0.2) is 0 Å². The van der Waals surface area contributed by atoms with E-state index >= 15 is 0 Å². The SMILES string of the molecule is CCCN1CCN(C(=O)c2cn(-c3ccccc3)nc2-c2ccc(C(C)C)cc2)CC1. The second-order valence-corrected chi connectivity index (χ2v) is 8.58. The van der Waals surface area contributed by atoms with E-state index in [2.05, 4.69) is 49.9 Å². The van der Waals surface area contributed by atoms with Crippen LogP contribution in [0.4, 0.5) is 0 Å². The molecule has 2 aromatic carbocycles. The zero-order valence-corrected chi connectivity index (χ0v) is 18.8. The van der Waals surface area contributed by atoms with Gasteiger partial charge < -0.3 is 4.90 Å². The number of aromatic nitrogens is 2. The third kappa shape index (κ3) is 4.72. The lowest BCUT2D eigenvalue weighted by molar-refractivity contribution is 0.0638. The van der Waals surface area contributed by atoms with Crippen LogP contribution in [0.2, 0.25) is 0 Å². The second kappa shape index (κ2) is 9.48. The van der Waals surface area contributed by atoms with E-state index in [4.69, 9.17) is 5.10 Å². The van der Waals surface area contributed by atoms with Crippen molar-refractivity contribution in [2.45, 2.75) is 33.1 Å². The summed E-state index contributed by atoms with van der Waals surface area (Å²) >= 11 is 0. The molecule has 1 amide bonds. The van der Waals surface area contributed by atoms with Crippen LogP contribution in [-0.2, 0) is 0 Å². The molecule has 0 N–H and O–H groups in total. The van der Waals surface area contributed by atoms with Crippen molar-refractivity contribution in [3.05, 3.63) is 71.9 Å². The molecule has 1 aromatic heterocycles. The van der Waals surface area contributed by atoms with Crippen molar-refractivity contribution in [2.24, 2.45) is 0 Å². The van der Waals surface area contributed by atoms with Gasteiger partial charge in [-0.05, 0) is 36.6 Å². The summed E-state index contributed by atoms with van der Waals surface area (Å²) in [5.41, 5.74) is 4.64. The fraction of sp³-hybridized carbons (Fsp3) is 0.385. The first kappa shape index (κ1) is 21.3. The largest absolute Gasteiger partial charge is 0.336 e. The minimum Gasteiger partial charge on any atom is -0.336 e. The molecule has 0 aliphatic carbocycles. The molecule has 0 unspecified atom stereocenters. The topological polar surface area (TPSA) is 41.4 Å². The Morgan fingerprint density at radius 1 is 0.968 bits per heavy atom. The molecule has 0 bridgehead atoms. The van der Waals surface area contributed by atoms with Crippen LogP contribution in [-0.4, -0.2) is 58.2 Å². The zero-order chi connectivity index (χ0) is 21.8. The maximum atomic E-state index is 13.5. The number of para-hydroxylation sites is 1. The Bertz CT molecular complexity index is 1000. The average Bonchev–Trinajstić information content (AvgIpc) is 3.25. The van der Waals surface area contributed by atoms with E-state index in [1.54, 1.807) is 0 Å². The van der Waals surface area contributed by atoms with Gasteiger partial charge in [-0.2, -0.15) is 5.10 Å². The van der Waals surface area contributed by atoms with Crippen LogP contribution in [0.5, 0.6) is 0 Å². The van der Waals surface area contributed by atoms with E-state index in [1.807, 2.05) is 46.1 Å². The predicted molar refractivity (Wildman–Crippen MR) is 126 cm³/mol. The molecular weight excluding hydrogens is 384 g/mol. The zero-order valence-electron chi connectivity index (χ0n) is 18.8. The first-order valence-corrected chi connectivity index (χ1v) is 11.3. The summed E-state index contributed by atoms with van der Waals surface area (Å²) < 4.78 is 1.83. The summed E-state index contributed by atoms with van der Waals surface area (Å²) in [5, 5.41) is 4.84. The molecule has 1 fully saturated rings. The Kier molecular flexibility index (Phi) is 6.52. The molecule has 0 atom stereocenters. The highest BCUT2D eigenvalue weighted by Crippen LogP contribution is 2.27. The fourth-order valence-electron chi connectivity index (χ4n) is 4.14. The summed E-state index contributed by atoms with van der Waals surface area (Å²) in [7, 11) is 0. The minimum absolute atomic E-state index is 0.0706. The third-order valence-corrected chi connectivity index (χ3v) is 6.02. The van der Waals surface area contributed by atoms with E-state index in [0.29, 0.717) is 11.5 Å². The number of nitrogens with zero attached hydrogens (tertiary/aromatic N) is 4. The standard InChI is InChI=1S/C26H32N4O/c1-4-14-28-15-17-29(18-16-28)26(31)24-19-30(23-8-6-5-7-9-23)27-25(24)22-12-10-21(11-13-22)20(2)3/h5-13,19-20H,4,14-18H2,1-3H3. The van der Waals surface area contributed by atoms with E-state index in [-0.39, 0.29) is 5.91 Å². The Morgan fingerprint density at radius 3 is 2.26 bits per heavy atom. The van der Waals surface area contributed by atoms with Crippen LogP contribution in [0.3, 0.4) is 0 Å². The molecule has 162 valence electrons. The van der Waals surface area contributed by atoms with Crippen LogP contribution in [0, 0.1) is 0 Å². The number of hydrogen-bond donors (Lipinski definition) is 0. The number of carbonyl (C=O) groups excluding carboxylic acids is 1. The monoisotopic (exact) mass is 416 g/mol. The summed E-state index contributed by atoms with van der Waals surface area (Å²) in [6.45, 7) is 11.1. The minimum atomic E-state index is 0.0706. The lowest BCUT2D eigenvalue weighted by atomic mass is 9.99. The lowest BCUT2D eigenvalue weighted by Gasteiger charge is -2.34. The van der Waals surface area contributed by atoms with Crippen molar-refractivity contribution in [1.29, 1.82) is 0 Å². The number of amides is 1. The first-order chi connectivity index (χ1) is 15.1. The molecule has 31 heavy (non-hydrogen) atoms. The summed E-state index contributed by atoms with van der Waals surface area (Å²) in [5.74, 6) is 0.540. The van der Waals surface area contributed by atoms with Gasteiger partial charge in [-0.15, -0.1) is 0 Å². The number of piperazine rings is 1. The molecule has 0 spiro atoms. The maximum absolute atomic E-state index is 13.5. The molecule has 1 aliphatic heterocycles. The first-order valence-electron chi connectivity index (χ1n) is 11.3.